The molecule has 0 radical (unpaired) electrons. The fourth-order valence-electron chi connectivity index (χ4n) is 5.53. The zero-order valence-corrected chi connectivity index (χ0v) is 22.4. The van der Waals surface area contributed by atoms with Gasteiger partial charge in [0.25, 0.3) is 0 Å². The summed E-state index contributed by atoms with van der Waals surface area (Å²) in [6.07, 6.45) is 6.49. The molecule has 1 aromatic heterocycles. The molecule has 1 aliphatic carbocycles. The molecular weight excluding hydrogens is 507 g/mol. The van der Waals surface area contributed by atoms with Crippen LogP contribution in [0, 0.1) is 5.82 Å². The average molecular weight is 541 g/mol. The molecule has 10 heteroatoms. The molecule has 8 nitrogen and oxygen atoms in total. The maximum Gasteiger partial charge on any atom is 0.232 e. The zero-order chi connectivity index (χ0) is 26.3. The molecule has 3 aromatic rings. The molecule has 3 heterocycles. The minimum absolute atomic E-state index is 0.298. The number of benzene rings is 2. The first-order valence-electron chi connectivity index (χ1n) is 13.4. The first-order valence-corrected chi connectivity index (χ1v) is 15.2. The van der Waals surface area contributed by atoms with E-state index in [-0.39, 0.29) is 5.82 Å². The molecule has 6 rings (SSSR count). The maximum atomic E-state index is 13.7. The molecular formula is C28H33FN4O4S. The van der Waals surface area contributed by atoms with E-state index in [1.165, 1.54) is 31.2 Å². The highest BCUT2D eigenvalue weighted by Gasteiger charge is 2.33. The van der Waals surface area contributed by atoms with E-state index in [9.17, 15) is 12.8 Å². The normalized spacial score (nSPS) is 18.3. The summed E-state index contributed by atoms with van der Waals surface area (Å²) in [4.78, 5) is 7.78. The summed E-state index contributed by atoms with van der Waals surface area (Å²) in [7, 11) is -3.52. The Bertz CT molecular complexity index is 1460. The fourth-order valence-corrected chi connectivity index (χ4v) is 6.50. The Labute approximate surface area is 222 Å². The van der Waals surface area contributed by atoms with Crippen molar-refractivity contribution in [3.8, 4) is 11.3 Å². The lowest BCUT2D eigenvalue weighted by Crippen LogP contribution is -2.34. The highest BCUT2D eigenvalue weighted by atomic mass is 32.2. The first-order chi connectivity index (χ1) is 18.4. The molecule has 0 amide bonds. The predicted octanol–water partition coefficient (Wildman–Crippen LogP) is 4.65. The SMILES string of the molecule is CS(=O)(=O)N(CCCN1CCCC1)c1cc2oc(-c3ccc(F)cc3)c(C3=NOCCN3)c2cc1C1CC1. The summed E-state index contributed by atoms with van der Waals surface area (Å²) in [5.41, 5.74) is 3.69. The van der Waals surface area contributed by atoms with Crippen molar-refractivity contribution in [1.29, 1.82) is 0 Å². The van der Waals surface area contributed by atoms with Gasteiger partial charge in [0, 0.05) is 23.6 Å². The van der Waals surface area contributed by atoms with E-state index < -0.39 is 10.0 Å². The van der Waals surface area contributed by atoms with E-state index in [0.717, 1.165) is 55.4 Å². The van der Waals surface area contributed by atoms with Gasteiger partial charge in [0.05, 0.1) is 24.1 Å². The number of sulfonamides is 1. The number of hydrogen-bond acceptors (Lipinski definition) is 7. The number of halogens is 1. The second-order valence-corrected chi connectivity index (χ2v) is 12.3. The van der Waals surface area contributed by atoms with Gasteiger partial charge in [-0.2, -0.15) is 0 Å². The number of nitrogens with zero attached hydrogens (tertiary/aromatic N) is 3. The van der Waals surface area contributed by atoms with Gasteiger partial charge in [0.2, 0.25) is 10.0 Å². The lowest BCUT2D eigenvalue weighted by molar-refractivity contribution is 0.136. The molecule has 0 bridgehead atoms. The third kappa shape index (κ3) is 5.11. The largest absolute Gasteiger partial charge is 0.455 e. The molecule has 38 heavy (non-hydrogen) atoms. The number of nitrogens with one attached hydrogen (secondary N) is 1. The van der Waals surface area contributed by atoms with Crippen LogP contribution in [0.5, 0.6) is 0 Å². The summed E-state index contributed by atoms with van der Waals surface area (Å²) >= 11 is 0. The van der Waals surface area contributed by atoms with Crippen molar-refractivity contribution in [3.63, 3.8) is 0 Å². The van der Waals surface area contributed by atoms with E-state index in [2.05, 4.69) is 21.4 Å². The van der Waals surface area contributed by atoms with Crippen molar-refractivity contribution in [2.24, 2.45) is 5.16 Å². The van der Waals surface area contributed by atoms with Gasteiger partial charge in [-0.1, -0.05) is 5.16 Å². The number of rotatable bonds is 9. The lowest BCUT2D eigenvalue weighted by Gasteiger charge is -2.26. The minimum Gasteiger partial charge on any atom is -0.455 e. The van der Waals surface area contributed by atoms with Crippen LogP contribution in [0.15, 0.2) is 46.0 Å². The van der Waals surface area contributed by atoms with E-state index >= 15 is 0 Å². The fraction of sp³-hybridized carbons (Fsp3) is 0.464. The second kappa shape index (κ2) is 10.2. The molecule has 202 valence electrons. The number of furan rings is 1. The molecule has 1 N–H and O–H groups in total. The van der Waals surface area contributed by atoms with Gasteiger partial charge in [-0.25, -0.2) is 12.8 Å². The van der Waals surface area contributed by atoms with Crippen LogP contribution in [0.25, 0.3) is 22.3 Å². The summed E-state index contributed by atoms with van der Waals surface area (Å²) < 4.78 is 47.8. The molecule has 2 aromatic carbocycles. The average Bonchev–Trinajstić information content (AvgIpc) is 3.48. The summed E-state index contributed by atoms with van der Waals surface area (Å²) in [5, 5.41) is 8.38. The smallest absolute Gasteiger partial charge is 0.232 e. The van der Waals surface area contributed by atoms with E-state index in [0.29, 0.717) is 54.0 Å². The van der Waals surface area contributed by atoms with Gasteiger partial charge in [0.1, 0.15) is 23.8 Å². The van der Waals surface area contributed by atoms with Crippen molar-refractivity contribution in [1.82, 2.24) is 10.2 Å². The Morgan fingerprint density at radius 1 is 1.16 bits per heavy atom. The molecule has 3 aliphatic rings. The van der Waals surface area contributed by atoms with Gasteiger partial charge in [-0.3, -0.25) is 4.31 Å². The third-order valence-corrected chi connectivity index (χ3v) is 8.72. The Kier molecular flexibility index (Phi) is 6.77. The van der Waals surface area contributed by atoms with Crippen LogP contribution in [-0.2, 0) is 14.9 Å². The molecule has 0 atom stereocenters. The van der Waals surface area contributed by atoms with Crippen LogP contribution < -0.4 is 9.62 Å². The summed E-state index contributed by atoms with van der Waals surface area (Å²) in [5.74, 6) is 1.05. The number of hydrogen-bond donors (Lipinski definition) is 1. The summed E-state index contributed by atoms with van der Waals surface area (Å²) in [6.45, 7) is 4.53. The van der Waals surface area contributed by atoms with Crippen LogP contribution in [0.2, 0.25) is 0 Å². The second-order valence-electron chi connectivity index (χ2n) is 10.4. The number of oxime groups is 1. The van der Waals surface area contributed by atoms with E-state index in [4.69, 9.17) is 9.25 Å². The lowest BCUT2D eigenvalue weighted by atomic mass is 10.00. The van der Waals surface area contributed by atoms with E-state index in [1.807, 2.05) is 6.07 Å². The van der Waals surface area contributed by atoms with Gasteiger partial charge >= 0.3 is 0 Å². The molecule has 0 spiro atoms. The maximum absolute atomic E-state index is 13.7. The number of amidine groups is 1. The number of fused-ring (bicyclic) bond motifs is 1. The van der Waals surface area contributed by atoms with Crippen molar-refractivity contribution < 1.29 is 22.1 Å². The van der Waals surface area contributed by atoms with Gasteiger partial charge in [-0.05, 0) is 93.6 Å². The van der Waals surface area contributed by atoms with Crippen LogP contribution in [0.1, 0.15) is 49.1 Å². The Morgan fingerprint density at radius 2 is 1.92 bits per heavy atom. The van der Waals surface area contributed by atoms with Crippen LogP contribution in [0.4, 0.5) is 10.1 Å². The van der Waals surface area contributed by atoms with Crippen molar-refractivity contribution >= 4 is 32.5 Å². The molecule has 2 fully saturated rings. The van der Waals surface area contributed by atoms with Gasteiger partial charge in [-0.15, -0.1) is 0 Å². The topological polar surface area (TPSA) is 87.4 Å². The van der Waals surface area contributed by atoms with Crippen LogP contribution in [0.3, 0.4) is 0 Å². The number of anilines is 1. The van der Waals surface area contributed by atoms with Crippen LogP contribution >= 0.6 is 0 Å². The Hall–Kier alpha value is -3.11. The predicted molar refractivity (Wildman–Crippen MR) is 147 cm³/mol. The van der Waals surface area contributed by atoms with Crippen LogP contribution in [-0.4, -0.2) is 64.7 Å². The highest BCUT2D eigenvalue weighted by Crippen LogP contribution is 2.48. The number of likely N-dealkylation sites (tertiary alicyclic amines) is 1. The van der Waals surface area contributed by atoms with Gasteiger partial charge < -0.3 is 19.5 Å². The minimum atomic E-state index is -3.52. The van der Waals surface area contributed by atoms with Gasteiger partial charge in [0.15, 0.2) is 5.84 Å². The van der Waals surface area contributed by atoms with E-state index in [1.54, 1.807) is 16.4 Å². The zero-order valence-electron chi connectivity index (χ0n) is 21.6. The Morgan fingerprint density at radius 3 is 2.58 bits per heavy atom. The monoisotopic (exact) mass is 540 g/mol. The quantitative estimate of drug-likeness (QED) is 0.425. The standard InChI is InChI=1S/C28H33FN4O4S/c1-38(34,35)33(15-4-14-32-12-2-3-13-32)24-18-25-23(17-22(24)19-5-6-19)26(28-30-11-16-36-31-28)27(37-25)20-7-9-21(29)10-8-20/h7-10,17-19H,2-6,11-16H2,1H3,(H,30,31). The molecule has 1 saturated heterocycles. The van der Waals surface area contributed by atoms with Crippen molar-refractivity contribution in [3.05, 3.63) is 53.3 Å². The summed E-state index contributed by atoms with van der Waals surface area (Å²) in [6, 6.07) is 10.1. The molecule has 0 unspecified atom stereocenters. The first kappa shape index (κ1) is 25.2. The van der Waals surface area contributed by atoms with Crippen molar-refractivity contribution in [2.45, 2.75) is 38.0 Å². The van der Waals surface area contributed by atoms with Crippen molar-refractivity contribution in [2.75, 3.05) is 49.9 Å². The Balaban J connectivity index is 1.46. The molecule has 1 saturated carbocycles. The third-order valence-electron chi connectivity index (χ3n) is 7.54. The molecule has 2 aliphatic heterocycles. The highest BCUT2D eigenvalue weighted by molar-refractivity contribution is 7.92.